The Morgan fingerprint density at radius 3 is 2.48 bits per heavy atom. The molecule has 3 rings (SSSR count). The van der Waals surface area contributed by atoms with Crippen LogP contribution in [0.2, 0.25) is 0 Å². The minimum Gasteiger partial charge on any atom is -0.378 e. The SMILES string of the molecule is CCCC(=O)NC[C@H](c1ccc(N(C)C)cc1)N1CCc2ccccc2C1. The van der Waals surface area contributed by atoms with E-state index in [1.54, 1.807) is 0 Å². The standard InChI is InChI=1S/C23H31N3O/c1-4-7-23(27)24-16-22(19-10-12-21(13-11-19)25(2)3)26-15-14-18-8-5-6-9-20(18)17-26/h5-6,8-13,22H,4,7,14-17H2,1-3H3,(H,24,27)/t22-/m1/s1. The molecule has 4 heteroatoms. The molecule has 0 bridgehead atoms. The zero-order valence-corrected chi connectivity index (χ0v) is 16.7. The van der Waals surface area contributed by atoms with Crippen molar-refractivity contribution in [2.75, 3.05) is 32.1 Å². The number of carbonyl (C=O) groups excluding carboxylic acids is 1. The van der Waals surface area contributed by atoms with E-state index >= 15 is 0 Å². The Bertz CT molecular complexity index is 754. The van der Waals surface area contributed by atoms with E-state index in [-0.39, 0.29) is 11.9 Å². The fourth-order valence-electron chi connectivity index (χ4n) is 3.76. The van der Waals surface area contributed by atoms with Gasteiger partial charge in [0.05, 0.1) is 6.04 Å². The number of anilines is 1. The summed E-state index contributed by atoms with van der Waals surface area (Å²) >= 11 is 0. The highest BCUT2D eigenvalue weighted by molar-refractivity contribution is 5.75. The summed E-state index contributed by atoms with van der Waals surface area (Å²) in [5.41, 5.74) is 5.30. The molecule has 4 nitrogen and oxygen atoms in total. The van der Waals surface area contributed by atoms with Crippen LogP contribution in [0.1, 0.15) is 42.5 Å². The van der Waals surface area contributed by atoms with E-state index in [4.69, 9.17) is 0 Å². The first-order valence-corrected chi connectivity index (χ1v) is 9.93. The molecule has 0 saturated carbocycles. The zero-order valence-electron chi connectivity index (χ0n) is 16.7. The highest BCUT2D eigenvalue weighted by atomic mass is 16.1. The van der Waals surface area contributed by atoms with Gasteiger partial charge >= 0.3 is 0 Å². The predicted molar refractivity (Wildman–Crippen MR) is 112 cm³/mol. The summed E-state index contributed by atoms with van der Waals surface area (Å²) < 4.78 is 0. The molecule has 1 aliphatic rings. The van der Waals surface area contributed by atoms with Crippen molar-refractivity contribution in [1.29, 1.82) is 0 Å². The van der Waals surface area contributed by atoms with Crippen LogP contribution in [0.25, 0.3) is 0 Å². The maximum absolute atomic E-state index is 12.1. The molecule has 2 aromatic carbocycles. The van der Waals surface area contributed by atoms with E-state index in [1.165, 1.54) is 22.4 Å². The lowest BCUT2D eigenvalue weighted by atomic mass is 9.96. The Morgan fingerprint density at radius 1 is 1.11 bits per heavy atom. The second-order valence-corrected chi connectivity index (χ2v) is 7.55. The van der Waals surface area contributed by atoms with Gasteiger partial charge in [-0.25, -0.2) is 0 Å². The van der Waals surface area contributed by atoms with Crippen molar-refractivity contribution in [2.45, 2.75) is 38.8 Å². The largest absolute Gasteiger partial charge is 0.378 e. The van der Waals surface area contributed by atoms with E-state index in [0.29, 0.717) is 13.0 Å². The lowest BCUT2D eigenvalue weighted by molar-refractivity contribution is -0.121. The van der Waals surface area contributed by atoms with Gasteiger partial charge in [0.25, 0.3) is 0 Å². The van der Waals surface area contributed by atoms with Crippen molar-refractivity contribution < 1.29 is 4.79 Å². The first-order valence-electron chi connectivity index (χ1n) is 9.93. The van der Waals surface area contributed by atoms with E-state index in [9.17, 15) is 4.79 Å². The first-order chi connectivity index (χ1) is 13.1. The van der Waals surface area contributed by atoms with E-state index < -0.39 is 0 Å². The normalized spacial score (nSPS) is 15.1. The summed E-state index contributed by atoms with van der Waals surface area (Å²) in [5, 5.41) is 3.15. The van der Waals surface area contributed by atoms with E-state index in [1.807, 2.05) is 6.92 Å². The molecule has 0 spiro atoms. The Morgan fingerprint density at radius 2 is 1.81 bits per heavy atom. The number of rotatable bonds is 7. The highest BCUT2D eigenvalue weighted by Crippen LogP contribution is 2.28. The van der Waals surface area contributed by atoms with Gasteiger partial charge in [-0.05, 0) is 41.7 Å². The van der Waals surface area contributed by atoms with E-state index in [2.05, 4.69) is 77.7 Å². The molecule has 0 aliphatic carbocycles. The number of hydrogen-bond acceptors (Lipinski definition) is 3. The number of carbonyl (C=O) groups is 1. The third kappa shape index (κ3) is 4.89. The minimum atomic E-state index is 0.143. The van der Waals surface area contributed by atoms with Crippen LogP contribution in [0.15, 0.2) is 48.5 Å². The van der Waals surface area contributed by atoms with Crippen molar-refractivity contribution in [3.8, 4) is 0 Å². The summed E-state index contributed by atoms with van der Waals surface area (Å²) in [7, 11) is 4.11. The lowest BCUT2D eigenvalue weighted by Crippen LogP contribution is -2.40. The molecule has 27 heavy (non-hydrogen) atoms. The second kappa shape index (κ2) is 9.05. The van der Waals surface area contributed by atoms with Crippen LogP contribution in [0.5, 0.6) is 0 Å². The quantitative estimate of drug-likeness (QED) is 0.811. The molecule has 0 aromatic heterocycles. The average Bonchev–Trinajstić information content (AvgIpc) is 2.68. The summed E-state index contributed by atoms with van der Waals surface area (Å²) in [4.78, 5) is 16.7. The smallest absolute Gasteiger partial charge is 0.220 e. The van der Waals surface area contributed by atoms with Crippen molar-refractivity contribution in [2.24, 2.45) is 0 Å². The van der Waals surface area contributed by atoms with Crippen LogP contribution in [-0.4, -0.2) is 38.0 Å². The van der Waals surface area contributed by atoms with Crippen LogP contribution >= 0.6 is 0 Å². The number of nitrogens with zero attached hydrogens (tertiary/aromatic N) is 2. The van der Waals surface area contributed by atoms with Gasteiger partial charge in [0.15, 0.2) is 0 Å². The van der Waals surface area contributed by atoms with Gasteiger partial charge in [-0.2, -0.15) is 0 Å². The molecule has 144 valence electrons. The Kier molecular flexibility index (Phi) is 6.51. The van der Waals surface area contributed by atoms with Crippen molar-refractivity contribution in [3.63, 3.8) is 0 Å². The molecule has 0 unspecified atom stereocenters. The van der Waals surface area contributed by atoms with Crippen LogP contribution < -0.4 is 10.2 Å². The third-order valence-electron chi connectivity index (χ3n) is 5.36. The molecule has 2 aromatic rings. The maximum atomic E-state index is 12.1. The van der Waals surface area contributed by atoms with Gasteiger partial charge in [0, 0.05) is 45.8 Å². The summed E-state index contributed by atoms with van der Waals surface area (Å²) in [5.74, 6) is 0.143. The summed E-state index contributed by atoms with van der Waals surface area (Å²) in [6.07, 6.45) is 2.53. The molecule has 1 heterocycles. The Labute approximate surface area is 163 Å². The average molecular weight is 366 g/mol. The lowest BCUT2D eigenvalue weighted by Gasteiger charge is -2.36. The van der Waals surface area contributed by atoms with Gasteiger partial charge in [-0.15, -0.1) is 0 Å². The topological polar surface area (TPSA) is 35.6 Å². The third-order valence-corrected chi connectivity index (χ3v) is 5.36. The van der Waals surface area contributed by atoms with Crippen molar-refractivity contribution in [1.82, 2.24) is 10.2 Å². The minimum absolute atomic E-state index is 0.143. The summed E-state index contributed by atoms with van der Waals surface area (Å²) in [6, 6.07) is 17.6. The molecule has 1 aliphatic heterocycles. The number of nitrogens with one attached hydrogen (secondary N) is 1. The number of hydrogen-bond donors (Lipinski definition) is 1. The van der Waals surface area contributed by atoms with E-state index in [0.717, 1.165) is 25.9 Å². The first kappa shape index (κ1) is 19.4. The van der Waals surface area contributed by atoms with Gasteiger partial charge in [-0.1, -0.05) is 43.3 Å². The van der Waals surface area contributed by atoms with Crippen LogP contribution in [0.3, 0.4) is 0 Å². The molecule has 1 amide bonds. The van der Waals surface area contributed by atoms with Gasteiger partial charge in [0.1, 0.15) is 0 Å². The van der Waals surface area contributed by atoms with Crippen molar-refractivity contribution in [3.05, 3.63) is 65.2 Å². The maximum Gasteiger partial charge on any atom is 0.220 e. The van der Waals surface area contributed by atoms with Gasteiger partial charge in [0.2, 0.25) is 5.91 Å². The fourth-order valence-corrected chi connectivity index (χ4v) is 3.76. The number of amides is 1. The molecule has 0 saturated heterocycles. The summed E-state index contributed by atoms with van der Waals surface area (Å²) in [6.45, 7) is 4.64. The number of benzene rings is 2. The monoisotopic (exact) mass is 365 g/mol. The predicted octanol–water partition coefficient (Wildman–Crippen LogP) is 3.77. The molecule has 0 fully saturated rings. The Balaban J connectivity index is 1.80. The van der Waals surface area contributed by atoms with Gasteiger partial charge < -0.3 is 10.2 Å². The highest BCUT2D eigenvalue weighted by Gasteiger charge is 2.25. The van der Waals surface area contributed by atoms with Crippen LogP contribution in [0, 0.1) is 0 Å². The molecular weight excluding hydrogens is 334 g/mol. The van der Waals surface area contributed by atoms with Crippen LogP contribution in [0.4, 0.5) is 5.69 Å². The fraction of sp³-hybridized carbons (Fsp3) is 0.435. The zero-order chi connectivity index (χ0) is 19.2. The second-order valence-electron chi connectivity index (χ2n) is 7.55. The molecule has 1 N–H and O–H groups in total. The molecule has 0 radical (unpaired) electrons. The Hall–Kier alpha value is -2.33. The van der Waals surface area contributed by atoms with Gasteiger partial charge in [-0.3, -0.25) is 9.69 Å². The van der Waals surface area contributed by atoms with Crippen LogP contribution in [-0.2, 0) is 17.8 Å². The molecule has 1 atom stereocenters. The van der Waals surface area contributed by atoms with Crippen molar-refractivity contribution >= 4 is 11.6 Å². The molecular formula is C23H31N3O. The number of fused-ring (bicyclic) bond motifs is 1.